The number of anilines is 2. The fourth-order valence-electron chi connectivity index (χ4n) is 3.95. The Kier molecular flexibility index (Phi) is 8.81. The summed E-state index contributed by atoms with van der Waals surface area (Å²) in [6.07, 6.45) is 0. The number of carbonyl (C=O) groups excluding carboxylic acids is 2. The maximum Gasteiger partial charge on any atom is 0.255 e. The molecule has 4 aromatic carbocycles. The number of methoxy groups -OCH3 is 1. The summed E-state index contributed by atoms with van der Waals surface area (Å²) in [5.74, 6) is 0.145. The predicted molar refractivity (Wildman–Crippen MR) is 164 cm³/mol. The van der Waals surface area contributed by atoms with Gasteiger partial charge < -0.3 is 15.4 Å². The molecule has 9 heteroatoms. The van der Waals surface area contributed by atoms with Gasteiger partial charge in [-0.25, -0.2) is 4.98 Å². The first-order valence-corrected chi connectivity index (χ1v) is 14.4. The van der Waals surface area contributed by atoms with Crippen molar-refractivity contribution in [1.29, 1.82) is 0 Å². The lowest BCUT2D eigenvalue weighted by Gasteiger charge is -2.17. The number of benzene rings is 4. The van der Waals surface area contributed by atoms with Gasteiger partial charge in [-0.15, -0.1) is 23.1 Å². The van der Waals surface area contributed by atoms with Crippen LogP contribution in [-0.2, 0) is 4.79 Å². The number of ether oxygens (including phenoxy) is 1. The highest BCUT2D eigenvalue weighted by molar-refractivity contribution is 8.00. The van der Waals surface area contributed by atoms with Crippen LogP contribution in [0.4, 0.5) is 10.8 Å². The fraction of sp³-hybridized carbons (Fsp3) is 0.0645. The van der Waals surface area contributed by atoms with Gasteiger partial charge in [-0.3, -0.25) is 9.59 Å². The number of hydrogen-bond donors (Lipinski definition) is 2. The van der Waals surface area contributed by atoms with Crippen LogP contribution in [0.25, 0.3) is 11.3 Å². The smallest absolute Gasteiger partial charge is 0.255 e. The SMILES string of the molecule is COc1cccc(C(=O)Nc2cccc(SC(C(=O)Nc3nc(-c4ccccc4Cl)cs3)c3ccccc3)c2)c1. The Morgan fingerprint density at radius 1 is 0.900 bits per heavy atom. The summed E-state index contributed by atoms with van der Waals surface area (Å²) in [5.41, 5.74) is 3.46. The van der Waals surface area contributed by atoms with Crippen LogP contribution in [0.3, 0.4) is 0 Å². The number of thioether (sulfide) groups is 1. The Balaban J connectivity index is 1.34. The normalized spacial score (nSPS) is 11.4. The van der Waals surface area contributed by atoms with E-state index in [1.807, 2.05) is 84.2 Å². The second kappa shape index (κ2) is 12.8. The third-order valence-corrected chi connectivity index (χ3v) is 8.24. The van der Waals surface area contributed by atoms with Crippen LogP contribution in [0.5, 0.6) is 5.75 Å². The van der Waals surface area contributed by atoms with Crippen molar-refractivity contribution in [2.24, 2.45) is 0 Å². The molecule has 5 aromatic rings. The average Bonchev–Trinajstić information content (AvgIpc) is 3.44. The summed E-state index contributed by atoms with van der Waals surface area (Å²) in [6, 6.07) is 31.4. The molecule has 1 aromatic heterocycles. The second-order valence-corrected chi connectivity index (χ2v) is 11.1. The lowest BCUT2D eigenvalue weighted by Crippen LogP contribution is -2.19. The molecular formula is C31H24ClN3O3S2. The Bertz CT molecular complexity index is 1640. The van der Waals surface area contributed by atoms with E-state index < -0.39 is 5.25 Å². The molecule has 1 heterocycles. The number of rotatable bonds is 9. The zero-order chi connectivity index (χ0) is 27.9. The molecule has 200 valence electrons. The third-order valence-electron chi connectivity index (χ3n) is 5.90. The van der Waals surface area contributed by atoms with E-state index in [4.69, 9.17) is 16.3 Å². The first kappa shape index (κ1) is 27.5. The number of halogens is 1. The van der Waals surface area contributed by atoms with Crippen molar-refractivity contribution in [1.82, 2.24) is 4.98 Å². The molecule has 0 saturated carbocycles. The lowest BCUT2D eigenvalue weighted by atomic mass is 10.1. The van der Waals surface area contributed by atoms with E-state index in [1.165, 1.54) is 23.1 Å². The average molecular weight is 586 g/mol. The quantitative estimate of drug-likeness (QED) is 0.170. The van der Waals surface area contributed by atoms with Crippen LogP contribution in [0.15, 0.2) is 113 Å². The van der Waals surface area contributed by atoms with Gasteiger partial charge >= 0.3 is 0 Å². The van der Waals surface area contributed by atoms with Gasteiger partial charge in [-0.05, 0) is 48.0 Å². The van der Waals surface area contributed by atoms with Gasteiger partial charge in [0.15, 0.2) is 5.13 Å². The van der Waals surface area contributed by atoms with E-state index in [-0.39, 0.29) is 11.8 Å². The van der Waals surface area contributed by atoms with Crippen LogP contribution in [-0.4, -0.2) is 23.9 Å². The lowest BCUT2D eigenvalue weighted by molar-refractivity contribution is -0.115. The van der Waals surface area contributed by atoms with E-state index in [2.05, 4.69) is 15.6 Å². The molecule has 0 bridgehead atoms. The molecule has 40 heavy (non-hydrogen) atoms. The minimum absolute atomic E-state index is 0.206. The number of carbonyl (C=O) groups is 2. The summed E-state index contributed by atoms with van der Waals surface area (Å²) in [7, 11) is 1.56. The van der Waals surface area contributed by atoms with Crippen LogP contribution >= 0.6 is 34.7 Å². The highest BCUT2D eigenvalue weighted by Gasteiger charge is 2.24. The molecule has 2 N–H and O–H groups in total. The van der Waals surface area contributed by atoms with Crippen molar-refractivity contribution >= 4 is 57.3 Å². The molecule has 6 nitrogen and oxygen atoms in total. The molecular weight excluding hydrogens is 562 g/mol. The van der Waals surface area contributed by atoms with E-state index in [9.17, 15) is 9.59 Å². The predicted octanol–water partition coefficient (Wildman–Crippen LogP) is 8.20. The van der Waals surface area contributed by atoms with Crippen molar-refractivity contribution in [2.75, 3.05) is 17.7 Å². The van der Waals surface area contributed by atoms with Gasteiger partial charge in [0.05, 0.1) is 12.8 Å². The molecule has 0 aliphatic rings. The van der Waals surface area contributed by atoms with Gasteiger partial charge in [0.25, 0.3) is 5.91 Å². The molecule has 0 spiro atoms. The topological polar surface area (TPSA) is 80.3 Å². The molecule has 0 aliphatic heterocycles. The summed E-state index contributed by atoms with van der Waals surface area (Å²) < 4.78 is 5.22. The summed E-state index contributed by atoms with van der Waals surface area (Å²) in [5, 5.41) is 8.30. The molecule has 2 amide bonds. The molecule has 1 atom stereocenters. The molecule has 0 radical (unpaired) electrons. The van der Waals surface area contributed by atoms with Crippen molar-refractivity contribution in [3.05, 3.63) is 125 Å². The zero-order valence-corrected chi connectivity index (χ0v) is 23.7. The minimum atomic E-state index is -0.557. The monoisotopic (exact) mass is 585 g/mol. The van der Waals surface area contributed by atoms with Crippen molar-refractivity contribution < 1.29 is 14.3 Å². The number of amides is 2. The Morgan fingerprint density at radius 3 is 2.48 bits per heavy atom. The van der Waals surface area contributed by atoms with Crippen molar-refractivity contribution in [3.8, 4) is 17.0 Å². The fourth-order valence-corrected chi connectivity index (χ4v) is 5.98. The number of nitrogens with one attached hydrogen (secondary N) is 2. The van der Waals surface area contributed by atoms with Gasteiger partial charge in [0.1, 0.15) is 11.0 Å². The van der Waals surface area contributed by atoms with Crippen molar-refractivity contribution in [2.45, 2.75) is 10.1 Å². The first-order valence-electron chi connectivity index (χ1n) is 12.3. The van der Waals surface area contributed by atoms with Gasteiger partial charge in [0, 0.05) is 32.1 Å². The number of nitrogens with zero attached hydrogens (tertiary/aromatic N) is 1. The summed E-state index contributed by atoms with van der Waals surface area (Å²) in [4.78, 5) is 31.8. The Labute approximate surface area is 245 Å². The highest BCUT2D eigenvalue weighted by Crippen LogP contribution is 2.38. The standard InChI is InChI=1S/C31H24ClN3O3S2/c1-38-23-13-7-11-21(17-23)29(36)33-22-12-8-14-24(18-22)40-28(20-9-3-2-4-10-20)30(37)35-31-34-27(19-39-31)25-15-5-6-16-26(25)32/h2-19,28H,1H3,(H,33,36)(H,34,35,37). The minimum Gasteiger partial charge on any atom is -0.497 e. The van der Waals surface area contributed by atoms with E-state index in [0.29, 0.717) is 32.8 Å². The highest BCUT2D eigenvalue weighted by atomic mass is 35.5. The Hall–Kier alpha value is -4.11. The number of thiazole rings is 1. The molecule has 1 unspecified atom stereocenters. The first-order chi connectivity index (χ1) is 19.5. The van der Waals surface area contributed by atoms with E-state index in [0.717, 1.165) is 16.0 Å². The molecule has 5 rings (SSSR count). The van der Waals surface area contributed by atoms with Crippen LogP contribution < -0.4 is 15.4 Å². The van der Waals surface area contributed by atoms with Crippen LogP contribution in [0, 0.1) is 0 Å². The zero-order valence-electron chi connectivity index (χ0n) is 21.3. The third kappa shape index (κ3) is 6.71. The van der Waals surface area contributed by atoms with Gasteiger partial charge in [0.2, 0.25) is 5.91 Å². The maximum atomic E-state index is 13.6. The van der Waals surface area contributed by atoms with Crippen LogP contribution in [0.1, 0.15) is 21.2 Å². The van der Waals surface area contributed by atoms with Gasteiger partial charge in [-0.1, -0.05) is 72.3 Å². The summed E-state index contributed by atoms with van der Waals surface area (Å²) in [6.45, 7) is 0. The van der Waals surface area contributed by atoms with Gasteiger partial charge in [-0.2, -0.15) is 0 Å². The Morgan fingerprint density at radius 2 is 1.68 bits per heavy atom. The second-order valence-electron chi connectivity index (χ2n) is 8.63. The van der Waals surface area contributed by atoms with Crippen molar-refractivity contribution in [3.63, 3.8) is 0 Å². The molecule has 0 aliphatic carbocycles. The van der Waals surface area contributed by atoms with E-state index >= 15 is 0 Å². The number of hydrogen-bond acceptors (Lipinski definition) is 6. The van der Waals surface area contributed by atoms with Crippen LogP contribution in [0.2, 0.25) is 5.02 Å². The number of aromatic nitrogens is 1. The molecule has 0 saturated heterocycles. The largest absolute Gasteiger partial charge is 0.497 e. The molecule has 0 fully saturated rings. The van der Waals surface area contributed by atoms with E-state index in [1.54, 1.807) is 31.4 Å². The summed E-state index contributed by atoms with van der Waals surface area (Å²) >= 11 is 9.06. The maximum absolute atomic E-state index is 13.6.